The van der Waals surface area contributed by atoms with Gasteiger partial charge in [-0.05, 0) is 16.5 Å². The van der Waals surface area contributed by atoms with Gasteiger partial charge in [-0.25, -0.2) is 9.97 Å². The molecule has 0 unspecified atom stereocenters. The summed E-state index contributed by atoms with van der Waals surface area (Å²) in [6.07, 6.45) is 4.14. The SMILES string of the molecule is [N-]=[N+]=NCC=Cc1nc[nH]c1[N+](=O)[O-]. The van der Waals surface area contributed by atoms with Crippen LogP contribution in [0.4, 0.5) is 5.82 Å². The van der Waals surface area contributed by atoms with Crippen LogP contribution in [-0.4, -0.2) is 21.4 Å². The maximum Gasteiger partial charge on any atom is 0.347 e. The van der Waals surface area contributed by atoms with Crippen molar-refractivity contribution in [2.24, 2.45) is 5.11 Å². The Morgan fingerprint density at radius 1 is 1.86 bits per heavy atom. The molecule has 0 spiro atoms. The Balaban J connectivity index is 2.75. The van der Waals surface area contributed by atoms with Crippen LogP contribution >= 0.6 is 0 Å². The highest BCUT2D eigenvalue weighted by Crippen LogP contribution is 2.13. The van der Waals surface area contributed by atoms with Crippen molar-refractivity contribution >= 4 is 11.9 Å². The number of hydrogen-bond donors (Lipinski definition) is 1. The van der Waals surface area contributed by atoms with Crippen LogP contribution in [0.15, 0.2) is 17.5 Å². The molecule has 0 amide bonds. The van der Waals surface area contributed by atoms with E-state index in [0.717, 1.165) is 0 Å². The highest BCUT2D eigenvalue weighted by Gasteiger charge is 2.11. The zero-order valence-electron chi connectivity index (χ0n) is 6.99. The normalized spacial score (nSPS) is 10.0. The van der Waals surface area contributed by atoms with E-state index < -0.39 is 4.92 Å². The fourth-order valence-corrected chi connectivity index (χ4v) is 0.814. The minimum absolute atomic E-state index is 0.139. The summed E-state index contributed by atoms with van der Waals surface area (Å²) in [5, 5.41) is 13.6. The molecule has 0 atom stereocenters. The quantitative estimate of drug-likeness (QED) is 0.257. The van der Waals surface area contributed by atoms with Gasteiger partial charge in [-0.1, -0.05) is 11.2 Å². The highest BCUT2D eigenvalue weighted by molar-refractivity contribution is 5.53. The van der Waals surface area contributed by atoms with Gasteiger partial charge in [-0.15, -0.1) is 0 Å². The number of aromatic amines is 1. The summed E-state index contributed by atoms with van der Waals surface area (Å²) < 4.78 is 0. The lowest BCUT2D eigenvalue weighted by Crippen LogP contribution is -1.90. The highest BCUT2D eigenvalue weighted by atomic mass is 16.6. The number of hydrogen-bond acceptors (Lipinski definition) is 4. The Labute approximate surface area is 78.1 Å². The predicted molar refractivity (Wildman–Crippen MR) is 48.3 cm³/mol. The van der Waals surface area contributed by atoms with Crippen molar-refractivity contribution in [2.45, 2.75) is 0 Å². The molecule has 1 aromatic rings. The Morgan fingerprint density at radius 2 is 2.64 bits per heavy atom. The number of azide groups is 1. The summed E-state index contributed by atoms with van der Waals surface area (Å²) >= 11 is 0. The standard InChI is InChI=1S/C6H6N6O2/c7-11-10-3-1-2-5-6(12(13)14)9-4-8-5/h1-2,4H,3H2,(H,8,9). The minimum atomic E-state index is -0.569. The summed E-state index contributed by atoms with van der Waals surface area (Å²) in [5.74, 6) is -0.179. The number of rotatable bonds is 4. The van der Waals surface area contributed by atoms with Crippen molar-refractivity contribution in [3.05, 3.63) is 38.7 Å². The zero-order valence-corrected chi connectivity index (χ0v) is 6.99. The molecule has 1 heterocycles. The number of aromatic nitrogens is 2. The van der Waals surface area contributed by atoms with E-state index in [1.165, 1.54) is 18.5 Å². The lowest BCUT2D eigenvalue weighted by atomic mass is 10.4. The molecule has 72 valence electrons. The average molecular weight is 194 g/mol. The van der Waals surface area contributed by atoms with E-state index >= 15 is 0 Å². The fourth-order valence-electron chi connectivity index (χ4n) is 0.814. The van der Waals surface area contributed by atoms with Gasteiger partial charge in [0.2, 0.25) is 0 Å². The van der Waals surface area contributed by atoms with Crippen LogP contribution in [0.2, 0.25) is 0 Å². The average Bonchev–Trinajstić information content (AvgIpc) is 2.60. The van der Waals surface area contributed by atoms with Gasteiger partial charge < -0.3 is 10.1 Å². The molecular formula is C6H6N6O2. The van der Waals surface area contributed by atoms with Crippen LogP contribution in [0.5, 0.6) is 0 Å². The molecule has 0 aromatic carbocycles. The molecule has 0 fully saturated rings. The first-order valence-electron chi connectivity index (χ1n) is 3.61. The van der Waals surface area contributed by atoms with Crippen LogP contribution in [0.25, 0.3) is 16.5 Å². The topological polar surface area (TPSA) is 121 Å². The lowest BCUT2D eigenvalue weighted by Gasteiger charge is -1.89. The maximum atomic E-state index is 10.4. The molecule has 0 saturated heterocycles. The predicted octanol–water partition coefficient (Wildman–Crippen LogP) is 1.64. The Morgan fingerprint density at radius 3 is 3.29 bits per heavy atom. The van der Waals surface area contributed by atoms with Gasteiger partial charge in [-0.3, -0.25) is 0 Å². The van der Waals surface area contributed by atoms with Crippen molar-refractivity contribution in [3.8, 4) is 0 Å². The van der Waals surface area contributed by atoms with E-state index in [-0.39, 0.29) is 18.1 Å². The number of nitrogens with one attached hydrogen (secondary N) is 1. The van der Waals surface area contributed by atoms with Gasteiger partial charge in [0.25, 0.3) is 0 Å². The van der Waals surface area contributed by atoms with Crippen molar-refractivity contribution in [2.75, 3.05) is 6.54 Å². The van der Waals surface area contributed by atoms with E-state index in [9.17, 15) is 10.1 Å². The molecule has 0 aliphatic carbocycles. The van der Waals surface area contributed by atoms with Gasteiger partial charge in [-0.2, -0.15) is 0 Å². The number of imidazole rings is 1. The fraction of sp³-hybridized carbons (Fsp3) is 0.167. The molecule has 14 heavy (non-hydrogen) atoms. The Hall–Kier alpha value is -2.34. The molecule has 1 rings (SSSR count). The van der Waals surface area contributed by atoms with E-state index in [1.54, 1.807) is 0 Å². The van der Waals surface area contributed by atoms with Gasteiger partial charge in [0.15, 0.2) is 12.0 Å². The number of nitro groups is 1. The molecule has 0 aliphatic rings. The van der Waals surface area contributed by atoms with Crippen LogP contribution in [0.3, 0.4) is 0 Å². The summed E-state index contributed by atoms with van der Waals surface area (Å²) in [4.78, 5) is 18.4. The monoisotopic (exact) mass is 194 g/mol. The molecule has 1 N–H and O–H groups in total. The lowest BCUT2D eigenvalue weighted by molar-refractivity contribution is -0.389. The largest absolute Gasteiger partial charge is 0.358 e. The van der Waals surface area contributed by atoms with Crippen LogP contribution in [0, 0.1) is 10.1 Å². The second-order valence-corrected chi connectivity index (χ2v) is 2.21. The smallest absolute Gasteiger partial charge is 0.347 e. The van der Waals surface area contributed by atoms with Crippen molar-refractivity contribution in [3.63, 3.8) is 0 Å². The summed E-state index contributed by atoms with van der Waals surface area (Å²) in [6, 6.07) is 0. The summed E-state index contributed by atoms with van der Waals surface area (Å²) in [6.45, 7) is 0.139. The first-order chi connectivity index (χ1) is 6.75. The van der Waals surface area contributed by atoms with Gasteiger partial charge >= 0.3 is 5.82 Å². The van der Waals surface area contributed by atoms with E-state index in [1.807, 2.05) is 0 Å². The van der Waals surface area contributed by atoms with Crippen LogP contribution < -0.4 is 0 Å². The third-order valence-electron chi connectivity index (χ3n) is 1.36. The second kappa shape index (κ2) is 4.63. The van der Waals surface area contributed by atoms with Crippen molar-refractivity contribution in [1.29, 1.82) is 0 Å². The van der Waals surface area contributed by atoms with E-state index in [0.29, 0.717) is 0 Å². The first kappa shape index (κ1) is 9.75. The molecular weight excluding hydrogens is 188 g/mol. The summed E-state index contributed by atoms with van der Waals surface area (Å²) in [7, 11) is 0. The molecule has 0 aliphatic heterocycles. The van der Waals surface area contributed by atoms with Crippen molar-refractivity contribution in [1.82, 2.24) is 9.97 Å². The molecule has 0 radical (unpaired) electrons. The molecule has 0 saturated carbocycles. The Bertz CT molecular complexity index is 402. The van der Waals surface area contributed by atoms with E-state index in [4.69, 9.17) is 5.53 Å². The molecule has 1 aromatic heterocycles. The molecule has 8 heteroatoms. The number of nitrogens with zero attached hydrogens (tertiary/aromatic N) is 5. The summed E-state index contributed by atoms with van der Waals surface area (Å²) in [5.41, 5.74) is 8.17. The number of H-pyrrole nitrogens is 1. The Kier molecular flexibility index (Phi) is 3.22. The first-order valence-corrected chi connectivity index (χ1v) is 3.61. The third-order valence-corrected chi connectivity index (χ3v) is 1.36. The van der Waals surface area contributed by atoms with Gasteiger partial charge in [0.1, 0.15) is 0 Å². The van der Waals surface area contributed by atoms with Crippen LogP contribution in [-0.2, 0) is 0 Å². The van der Waals surface area contributed by atoms with Crippen LogP contribution in [0.1, 0.15) is 5.69 Å². The van der Waals surface area contributed by atoms with Gasteiger partial charge in [0.05, 0.1) is 0 Å². The van der Waals surface area contributed by atoms with E-state index in [2.05, 4.69) is 20.0 Å². The van der Waals surface area contributed by atoms with Crippen molar-refractivity contribution < 1.29 is 4.92 Å². The third kappa shape index (κ3) is 2.32. The molecule has 8 nitrogen and oxygen atoms in total. The maximum absolute atomic E-state index is 10.4. The second-order valence-electron chi connectivity index (χ2n) is 2.21. The minimum Gasteiger partial charge on any atom is -0.358 e. The zero-order chi connectivity index (χ0) is 10.4. The molecule has 0 bridgehead atoms. The van der Waals surface area contributed by atoms with Gasteiger partial charge in [0, 0.05) is 11.5 Å².